The van der Waals surface area contributed by atoms with E-state index in [1.165, 1.54) is 0 Å². The van der Waals surface area contributed by atoms with Gasteiger partial charge in [-0.15, -0.1) is 0 Å². The van der Waals surface area contributed by atoms with Crippen molar-refractivity contribution < 1.29 is 9.90 Å². The second-order valence-electron chi connectivity index (χ2n) is 4.10. The Kier molecular flexibility index (Phi) is 4.83. The molecular formula is C13H19NO2. The zero-order valence-corrected chi connectivity index (χ0v) is 9.86. The van der Waals surface area contributed by atoms with E-state index < -0.39 is 5.97 Å². The minimum absolute atomic E-state index is 0.0881. The molecule has 0 aliphatic rings. The van der Waals surface area contributed by atoms with E-state index in [0.29, 0.717) is 6.04 Å². The molecule has 0 fully saturated rings. The fraction of sp³-hybridized carbons (Fsp3) is 0.462. The van der Waals surface area contributed by atoms with Gasteiger partial charge in [-0.1, -0.05) is 25.5 Å². The topological polar surface area (TPSA) is 49.3 Å². The molecule has 16 heavy (non-hydrogen) atoms. The van der Waals surface area contributed by atoms with Crippen molar-refractivity contribution in [2.24, 2.45) is 0 Å². The fourth-order valence-corrected chi connectivity index (χ4v) is 1.68. The molecule has 3 heteroatoms. The van der Waals surface area contributed by atoms with Crippen molar-refractivity contribution >= 4 is 11.7 Å². The molecule has 2 N–H and O–H groups in total. The highest BCUT2D eigenvalue weighted by Gasteiger charge is 2.02. The van der Waals surface area contributed by atoms with E-state index in [4.69, 9.17) is 5.11 Å². The number of nitrogens with one attached hydrogen (secondary N) is 1. The molecule has 1 aromatic carbocycles. The van der Waals surface area contributed by atoms with E-state index in [-0.39, 0.29) is 6.42 Å². The number of rotatable bonds is 6. The van der Waals surface area contributed by atoms with Crippen molar-refractivity contribution in [2.45, 2.75) is 39.2 Å². The van der Waals surface area contributed by atoms with Crippen molar-refractivity contribution in [1.82, 2.24) is 0 Å². The van der Waals surface area contributed by atoms with Gasteiger partial charge in [0, 0.05) is 11.7 Å². The average Bonchev–Trinajstić information content (AvgIpc) is 2.20. The van der Waals surface area contributed by atoms with Crippen LogP contribution in [0.5, 0.6) is 0 Å². The van der Waals surface area contributed by atoms with Gasteiger partial charge < -0.3 is 10.4 Å². The van der Waals surface area contributed by atoms with Crippen molar-refractivity contribution in [3.05, 3.63) is 29.8 Å². The zero-order chi connectivity index (χ0) is 12.0. The van der Waals surface area contributed by atoms with Crippen molar-refractivity contribution in [3.63, 3.8) is 0 Å². The summed E-state index contributed by atoms with van der Waals surface area (Å²) in [5, 5.41) is 12.0. The van der Waals surface area contributed by atoms with Gasteiger partial charge in [-0.25, -0.2) is 0 Å². The lowest BCUT2D eigenvalue weighted by molar-refractivity contribution is -0.136. The average molecular weight is 221 g/mol. The maximum atomic E-state index is 10.5. The van der Waals surface area contributed by atoms with E-state index in [9.17, 15) is 4.79 Å². The number of benzene rings is 1. The lowest BCUT2D eigenvalue weighted by Crippen LogP contribution is -2.14. The molecular weight excluding hydrogens is 202 g/mol. The molecule has 0 radical (unpaired) electrons. The van der Waals surface area contributed by atoms with Crippen LogP contribution >= 0.6 is 0 Å². The van der Waals surface area contributed by atoms with Gasteiger partial charge in [-0.3, -0.25) is 4.79 Å². The highest BCUT2D eigenvalue weighted by atomic mass is 16.4. The summed E-state index contributed by atoms with van der Waals surface area (Å²) in [6.45, 7) is 4.31. The van der Waals surface area contributed by atoms with E-state index in [0.717, 1.165) is 24.1 Å². The van der Waals surface area contributed by atoms with Crippen LogP contribution in [0, 0.1) is 0 Å². The smallest absolute Gasteiger partial charge is 0.307 e. The van der Waals surface area contributed by atoms with Crippen molar-refractivity contribution in [2.75, 3.05) is 5.32 Å². The second-order valence-corrected chi connectivity index (χ2v) is 4.10. The Balaban J connectivity index is 2.54. The summed E-state index contributed by atoms with van der Waals surface area (Å²) >= 11 is 0. The third-order valence-electron chi connectivity index (χ3n) is 2.44. The van der Waals surface area contributed by atoms with Crippen LogP contribution in [0.15, 0.2) is 24.3 Å². The van der Waals surface area contributed by atoms with Gasteiger partial charge >= 0.3 is 5.97 Å². The van der Waals surface area contributed by atoms with Crippen LogP contribution in [0.3, 0.4) is 0 Å². The van der Waals surface area contributed by atoms with Gasteiger partial charge in [0.25, 0.3) is 0 Å². The van der Waals surface area contributed by atoms with Crippen molar-refractivity contribution in [1.29, 1.82) is 0 Å². The van der Waals surface area contributed by atoms with Gasteiger partial charge in [-0.05, 0) is 31.0 Å². The molecule has 0 aliphatic heterocycles. The lowest BCUT2D eigenvalue weighted by Gasteiger charge is -2.14. The Morgan fingerprint density at radius 1 is 1.38 bits per heavy atom. The minimum atomic E-state index is -0.792. The highest BCUT2D eigenvalue weighted by molar-refractivity contribution is 5.70. The van der Waals surface area contributed by atoms with E-state index >= 15 is 0 Å². The van der Waals surface area contributed by atoms with Gasteiger partial charge in [0.15, 0.2) is 0 Å². The first-order valence-electron chi connectivity index (χ1n) is 5.69. The van der Waals surface area contributed by atoms with Gasteiger partial charge in [0.1, 0.15) is 0 Å². The normalized spacial score (nSPS) is 12.1. The third kappa shape index (κ3) is 4.34. The third-order valence-corrected chi connectivity index (χ3v) is 2.44. The second kappa shape index (κ2) is 6.16. The molecule has 0 aliphatic carbocycles. The van der Waals surface area contributed by atoms with Crippen LogP contribution in [-0.4, -0.2) is 17.1 Å². The first-order valence-corrected chi connectivity index (χ1v) is 5.69. The fourth-order valence-electron chi connectivity index (χ4n) is 1.68. The number of carboxylic acid groups (broad SMARTS) is 1. The molecule has 0 bridgehead atoms. The summed E-state index contributed by atoms with van der Waals surface area (Å²) in [6, 6.07) is 8.04. The molecule has 0 saturated carbocycles. The molecule has 0 aromatic heterocycles. The maximum Gasteiger partial charge on any atom is 0.307 e. The Morgan fingerprint density at radius 2 is 2.00 bits per heavy atom. The van der Waals surface area contributed by atoms with Gasteiger partial charge in [-0.2, -0.15) is 0 Å². The first kappa shape index (κ1) is 12.6. The quantitative estimate of drug-likeness (QED) is 0.776. The molecule has 0 amide bonds. The Bertz CT molecular complexity index is 332. The summed E-state index contributed by atoms with van der Waals surface area (Å²) in [7, 11) is 0. The summed E-state index contributed by atoms with van der Waals surface area (Å²) in [5.74, 6) is -0.792. The number of anilines is 1. The van der Waals surface area contributed by atoms with Crippen LogP contribution in [0.1, 0.15) is 32.3 Å². The van der Waals surface area contributed by atoms with Crippen LogP contribution in [-0.2, 0) is 11.2 Å². The Hall–Kier alpha value is -1.51. The largest absolute Gasteiger partial charge is 0.481 e. The molecule has 1 unspecified atom stereocenters. The Morgan fingerprint density at radius 3 is 2.50 bits per heavy atom. The number of hydrogen-bond acceptors (Lipinski definition) is 2. The minimum Gasteiger partial charge on any atom is -0.481 e. The van der Waals surface area contributed by atoms with Crippen LogP contribution in [0.4, 0.5) is 5.69 Å². The monoisotopic (exact) mass is 221 g/mol. The standard InChI is InChI=1S/C13H19NO2/c1-3-4-10(2)14-12-7-5-11(6-8-12)9-13(15)16/h5-8,10,14H,3-4,9H2,1-2H3,(H,15,16). The number of carbonyl (C=O) groups is 1. The van der Waals surface area contributed by atoms with Crippen LogP contribution < -0.4 is 5.32 Å². The molecule has 3 nitrogen and oxygen atoms in total. The number of carboxylic acids is 1. The highest BCUT2D eigenvalue weighted by Crippen LogP contribution is 2.12. The van der Waals surface area contributed by atoms with E-state index in [2.05, 4.69) is 19.2 Å². The first-order chi connectivity index (χ1) is 7.61. The van der Waals surface area contributed by atoms with Crippen molar-refractivity contribution in [3.8, 4) is 0 Å². The summed E-state index contributed by atoms with van der Waals surface area (Å²) < 4.78 is 0. The number of hydrogen-bond donors (Lipinski definition) is 2. The van der Waals surface area contributed by atoms with E-state index in [1.807, 2.05) is 24.3 Å². The summed E-state index contributed by atoms with van der Waals surface area (Å²) in [5.41, 5.74) is 1.89. The molecule has 0 spiro atoms. The Labute approximate surface area is 96.5 Å². The molecule has 1 rings (SSSR count). The summed E-state index contributed by atoms with van der Waals surface area (Å²) in [4.78, 5) is 10.5. The van der Waals surface area contributed by atoms with Gasteiger partial charge in [0.05, 0.1) is 6.42 Å². The van der Waals surface area contributed by atoms with Gasteiger partial charge in [0.2, 0.25) is 0 Å². The molecule has 0 saturated heterocycles. The van der Waals surface area contributed by atoms with E-state index in [1.54, 1.807) is 0 Å². The predicted octanol–water partition coefficient (Wildman–Crippen LogP) is 2.91. The molecule has 1 atom stereocenters. The number of aliphatic carboxylic acids is 1. The van der Waals surface area contributed by atoms with Crippen LogP contribution in [0.25, 0.3) is 0 Å². The molecule has 0 heterocycles. The SMILES string of the molecule is CCCC(C)Nc1ccc(CC(=O)O)cc1. The summed E-state index contributed by atoms with van der Waals surface area (Å²) in [6.07, 6.45) is 2.38. The molecule has 88 valence electrons. The zero-order valence-electron chi connectivity index (χ0n) is 9.86. The van der Waals surface area contributed by atoms with Crippen LogP contribution in [0.2, 0.25) is 0 Å². The lowest BCUT2D eigenvalue weighted by atomic mass is 10.1. The predicted molar refractivity (Wildman–Crippen MR) is 65.8 cm³/mol. The maximum absolute atomic E-state index is 10.5. The molecule has 1 aromatic rings.